The van der Waals surface area contributed by atoms with E-state index in [1.807, 2.05) is 32.0 Å². The molecule has 0 saturated carbocycles. The molecule has 2 rings (SSSR count). The molecule has 0 fully saturated rings. The van der Waals surface area contributed by atoms with Crippen LogP contribution >= 0.6 is 0 Å². The molecule has 2 aromatic carbocycles. The summed E-state index contributed by atoms with van der Waals surface area (Å²) in [4.78, 5) is 12.5. The van der Waals surface area contributed by atoms with E-state index in [1.165, 1.54) is 0 Å². The Morgan fingerprint density at radius 3 is 2.43 bits per heavy atom. The fraction of sp³-hybridized carbons (Fsp3) is 0.278. The molecule has 3 N–H and O–H groups in total. The Morgan fingerprint density at radius 1 is 1.10 bits per heavy atom. The molecule has 1 amide bonds. The number of nitrogens with two attached hydrogens (primary N) is 1. The first-order valence-corrected chi connectivity index (χ1v) is 7.17. The van der Waals surface area contributed by atoms with Crippen LogP contribution in [-0.4, -0.2) is 5.91 Å². The van der Waals surface area contributed by atoms with E-state index in [0.29, 0.717) is 17.2 Å². The highest BCUT2D eigenvalue weighted by molar-refractivity contribution is 6.06. The second-order valence-electron chi connectivity index (χ2n) is 5.72. The fourth-order valence-corrected chi connectivity index (χ4v) is 2.46. The topological polar surface area (TPSA) is 55.1 Å². The van der Waals surface area contributed by atoms with Crippen LogP contribution in [0.15, 0.2) is 36.4 Å². The standard InChI is InChI=1S/C18H22N2O/c1-11(2)15-7-5-6-12(3)17(15)20-18(21)16-9-8-14(19)10-13(16)4/h5-11H,19H2,1-4H3,(H,20,21). The largest absolute Gasteiger partial charge is 0.399 e. The van der Waals surface area contributed by atoms with E-state index in [9.17, 15) is 4.79 Å². The highest BCUT2D eigenvalue weighted by Gasteiger charge is 2.14. The fourth-order valence-electron chi connectivity index (χ4n) is 2.46. The number of carbonyl (C=O) groups excluding carboxylic acids is 1. The molecule has 0 radical (unpaired) electrons. The van der Waals surface area contributed by atoms with Gasteiger partial charge in [-0.15, -0.1) is 0 Å². The van der Waals surface area contributed by atoms with Crippen LogP contribution in [0.1, 0.15) is 46.8 Å². The summed E-state index contributed by atoms with van der Waals surface area (Å²) in [7, 11) is 0. The van der Waals surface area contributed by atoms with Crippen LogP contribution < -0.4 is 11.1 Å². The van der Waals surface area contributed by atoms with E-state index < -0.39 is 0 Å². The summed E-state index contributed by atoms with van der Waals surface area (Å²) < 4.78 is 0. The first kappa shape index (κ1) is 15.1. The zero-order chi connectivity index (χ0) is 15.6. The smallest absolute Gasteiger partial charge is 0.255 e. The van der Waals surface area contributed by atoms with Crippen LogP contribution in [0, 0.1) is 13.8 Å². The van der Waals surface area contributed by atoms with Crippen molar-refractivity contribution in [3.8, 4) is 0 Å². The Balaban J connectivity index is 2.36. The van der Waals surface area contributed by atoms with Gasteiger partial charge in [-0.1, -0.05) is 32.0 Å². The van der Waals surface area contributed by atoms with Gasteiger partial charge in [0, 0.05) is 16.9 Å². The maximum atomic E-state index is 12.5. The molecule has 110 valence electrons. The van der Waals surface area contributed by atoms with Crippen molar-refractivity contribution in [3.05, 3.63) is 58.7 Å². The van der Waals surface area contributed by atoms with E-state index in [0.717, 1.165) is 22.4 Å². The monoisotopic (exact) mass is 282 g/mol. The number of amides is 1. The Labute approximate surface area is 126 Å². The van der Waals surface area contributed by atoms with Crippen molar-refractivity contribution in [1.29, 1.82) is 0 Å². The van der Waals surface area contributed by atoms with Gasteiger partial charge in [-0.05, 0) is 54.7 Å². The maximum absolute atomic E-state index is 12.5. The number of carbonyl (C=O) groups is 1. The molecule has 0 atom stereocenters. The Kier molecular flexibility index (Phi) is 4.32. The number of aryl methyl sites for hydroxylation is 2. The summed E-state index contributed by atoms with van der Waals surface area (Å²) in [5.41, 5.74) is 11.1. The lowest BCUT2D eigenvalue weighted by Gasteiger charge is -2.17. The minimum Gasteiger partial charge on any atom is -0.399 e. The molecule has 0 spiro atoms. The van der Waals surface area contributed by atoms with E-state index in [2.05, 4.69) is 25.2 Å². The Morgan fingerprint density at radius 2 is 1.81 bits per heavy atom. The second-order valence-corrected chi connectivity index (χ2v) is 5.72. The third-order valence-electron chi connectivity index (χ3n) is 3.66. The summed E-state index contributed by atoms with van der Waals surface area (Å²) in [6.45, 7) is 8.15. The van der Waals surface area contributed by atoms with Gasteiger partial charge in [-0.3, -0.25) is 4.79 Å². The van der Waals surface area contributed by atoms with Crippen LogP contribution in [0.4, 0.5) is 11.4 Å². The molecule has 0 saturated heterocycles. The van der Waals surface area contributed by atoms with Crippen molar-refractivity contribution in [3.63, 3.8) is 0 Å². The SMILES string of the molecule is Cc1cc(N)ccc1C(=O)Nc1c(C)cccc1C(C)C. The van der Waals surface area contributed by atoms with Crippen LogP contribution in [0.3, 0.4) is 0 Å². The normalized spacial score (nSPS) is 10.7. The molecule has 0 heterocycles. The van der Waals surface area contributed by atoms with Gasteiger partial charge in [0.1, 0.15) is 0 Å². The highest BCUT2D eigenvalue weighted by Crippen LogP contribution is 2.28. The molecular weight excluding hydrogens is 260 g/mol. The predicted octanol–water partition coefficient (Wildman–Crippen LogP) is 4.26. The number of nitrogen functional groups attached to an aromatic ring is 1. The molecule has 21 heavy (non-hydrogen) atoms. The second kappa shape index (κ2) is 6.00. The first-order valence-electron chi connectivity index (χ1n) is 7.17. The van der Waals surface area contributed by atoms with Crippen molar-refractivity contribution in [1.82, 2.24) is 0 Å². The van der Waals surface area contributed by atoms with Crippen LogP contribution in [0.2, 0.25) is 0 Å². The van der Waals surface area contributed by atoms with Gasteiger partial charge in [0.25, 0.3) is 5.91 Å². The van der Waals surface area contributed by atoms with Crippen LogP contribution in [0.5, 0.6) is 0 Å². The Hall–Kier alpha value is -2.29. The van der Waals surface area contributed by atoms with E-state index in [-0.39, 0.29) is 5.91 Å². The lowest BCUT2D eigenvalue weighted by Crippen LogP contribution is -2.16. The van der Waals surface area contributed by atoms with Crippen molar-refractivity contribution in [2.24, 2.45) is 0 Å². The van der Waals surface area contributed by atoms with Crippen molar-refractivity contribution in [2.45, 2.75) is 33.6 Å². The van der Waals surface area contributed by atoms with E-state index in [1.54, 1.807) is 12.1 Å². The minimum absolute atomic E-state index is 0.0938. The molecule has 0 aliphatic rings. The third kappa shape index (κ3) is 3.24. The molecule has 0 bridgehead atoms. The van der Waals surface area contributed by atoms with Gasteiger partial charge in [0.2, 0.25) is 0 Å². The van der Waals surface area contributed by atoms with Crippen molar-refractivity contribution < 1.29 is 4.79 Å². The molecule has 0 unspecified atom stereocenters. The predicted molar refractivity (Wildman–Crippen MR) is 88.8 cm³/mol. The third-order valence-corrected chi connectivity index (χ3v) is 3.66. The molecule has 0 aliphatic heterocycles. The highest BCUT2D eigenvalue weighted by atomic mass is 16.1. The van der Waals surface area contributed by atoms with Crippen molar-refractivity contribution >= 4 is 17.3 Å². The quantitative estimate of drug-likeness (QED) is 0.826. The summed E-state index contributed by atoms with van der Waals surface area (Å²) in [5.74, 6) is 0.261. The van der Waals surface area contributed by atoms with Gasteiger partial charge >= 0.3 is 0 Å². The Bertz CT molecular complexity index is 675. The maximum Gasteiger partial charge on any atom is 0.255 e. The first-order chi connectivity index (χ1) is 9.90. The lowest BCUT2D eigenvalue weighted by atomic mass is 9.97. The van der Waals surface area contributed by atoms with E-state index >= 15 is 0 Å². The number of para-hydroxylation sites is 1. The number of benzene rings is 2. The van der Waals surface area contributed by atoms with Crippen LogP contribution in [0.25, 0.3) is 0 Å². The molecular formula is C18H22N2O. The van der Waals surface area contributed by atoms with Gasteiger partial charge in [-0.2, -0.15) is 0 Å². The molecule has 3 heteroatoms. The van der Waals surface area contributed by atoms with E-state index in [4.69, 9.17) is 5.73 Å². The van der Waals surface area contributed by atoms with Crippen LogP contribution in [-0.2, 0) is 0 Å². The van der Waals surface area contributed by atoms with Gasteiger partial charge in [0.15, 0.2) is 0 Å². The number of hydrogen-bond donors (Lipinski definition) is 2. The number of nitrogens with one attached hydrogen (secondary N) is 1. The zero-order valence-electron chi connectivity index (χ0n) is 13.0. The zero-order valence-corrected chi connectivity index (χ0v) is 13.0. The summed E-state index contributed by atoms with van der Waals surface area (Å²) >= 11 is 0. The number of rotatable bonds is 3. The van der Waals surface area contributed by atoms with Gasteiger partial charge < -0.3 is 11.1 Å². The molecule has 2 aromatic rings. The molecule has 3 nitrogen and oxygen atoms in total. The average Bonchev–Trinajstić information content (AvgIpc) is 2.40. The van der Waals surface area contributed by atoms with Gasteiger partial charge in [0.05, 0.1) is 0 Å². The molecule has 0 aliphatic carbocycles. The summed E-state index contributed by atoms with van der Waals surface area (Å²) in [6.07, 6.45) is 0. The van der Waals surface area contributed by atoms with Crippen molar-refractivity contribution in [2.75, 3.05) is 11.1 Å². The number of hydrogen-bond acceptors (Lipinski definition) is 2. The number of anilines is 2. The van der Waals surface area contributed by atoms with Gasteiger partial charge in [-0.25, -0.2) is 0 Å². The average molecular weight is 282 g/mol. The molecule has 0 aromatic heterocycles. The summed E-state index contributed by atoms with van der Waals surface area (Å²) in [5, 5.41) is 3.06. The minimum atomic E-state index is -0.0938. The summed E-state index contributed by atoms with van der Waals surface area (Å²) in [6, 6.07) is 11.4. The lowest BCUT2D eigenvalue weighted by molar-refractivity contribution is 0.102.